The number of carboxylic acids is 1. The minimum Gasteiger partial charge on any atom is -0.495 e. The number of ether oxygens (including phenoxy) is 1. The number of nitrogens with zero attached hydrogens (tertiary/aromatic N) is 1. The van der Waals surface area contributed by atoms with Crippen LogP contribution in [0.15, 0.2) is 16.7 Å². The molecule has 0 bridgehead atoms. The molecule has 0 aliphatic rings. The van der Waals surface area contributed by atoms with E-state index in [-0.39, 0.29) is 6.42 Å². The molecule has 0 saturated carbocycles. The highest BCUT2D eigenvalue weighted by atomic mass is 79.9. The van der Waals surface area contributed by atoms with Crippen molar-refractivity contribution in [3.05, 3.63) is 22.4 Å². The van der Waals surface area contributed by atoms with Crippen LogP contribution in [-0.2, 0) is 11.2 Å². The number of rotatable bonds is 3. The molecule has 0 radical (unpaired) electrons. The Hall–Kier alpha value is -1.10. The van der Waals surface area contributed by atoms with Gasteiger partial charge in [-0.1, -0.05) is 0 Å². The predicted molar refractivity (Wildman–Crippen MR) is 49.8 cm³/mol. The normalized spacial score (nSPS) is 9.69. The highest BCUT2D eigenvalue weighted by molar-refractivity contribution is 9.10. The first kappa shape index (κ1) is 9.98. The molecular weight excluding hydrogens is 238 g/mol. The number of pyridine rings is 1. The molecular formula is C8H8BrNO3. The van der Waals surface area contributed by atoms with Gasteiger partial charge in [0.15, 0.2) is 0 Å². The quantitative estimate of drug-likeness (QED) is 0.877. The SMILES string of the molecule is COc1cc(CC(=O)O)ncc1Br. The monoisotopic (exact) mass is 245 g/mol. The largest absolute Gasteiger partial charge is 0.495 e. The van der Waals surface area contributed by atoms with Crippen molar-refractivity contribution >= 4 is 21.9 Å². The molecule has 0 atom stereocenters. The van der Waals surface area contributed by atoms with Crippen LogP contribution in [0.5, 0.6) is 5.75 Å². The number of carbonyl (C=O) groups is 1. The molecule has 70 valence electrons. The number of hydrogen-bond acceptors (Lipinski definition) is 3. The van der Waals surface area contributed by atoms with Gasteiger partial charge in [-0.2, -0.15) is 0 Å². The molecule has 0 aliphatic carbocycles. The highest BCUT2D eigenvalue weighted by Crippen LogP contribution is 2.23. The maximum absolute atomic E-state index is 10.4. The number of methoxy groups -OCH3 is 1. The maximum atomic E-state index is 10.4. The lowest BCUT2D eigenvalue weighted by molar-refractivity contribution is -0.136. The van der Waals surface area contributed by atoms with Gasteiger partial charge in [0, 0.05) is 12.3 Å². The Morgan fingerprint density at radius 1 is 1.77 bits per heavy atom. The lowest BCUT2D eigenvalue weighted by atomic mass is 10.2. The lowest BCUT2D eigenvalue weighted by Crippen LogP contribution is -2.02. The second-order valence-corrected chi connectivity index (χ2v) is 3.24. The second kappa shape index (κ2) is 4.23. The van der Waals surface area contributed by atoms with Gasteiger partial charge >= 0.3 is 5.97 Å². The topological polar surface area (TPSA) is 59.4 Å². The minimum atomic E-state index is -0.906. The van der Waals surface area contributed by atoms with Gasteiger partial charge in [-0.05, 0) is 15.9 Å². The van der Waals surface area contributed by atoms with Crippen LogP contribution in [0.1, 0.15) is 5.69 Å². The summed E-state index contributed by atoms with van der Waals surface area (Å²) < 4.78 is 5.70. The van der Waals surface area contributed by atoms with Gasteiger partial charge in [0.05, 0.1) is 23.7 Å². The number of aliphatic carboxylic acids is 1. The van der Waals surface area contributed by atoms with E-state index in [0.717, 1.165) is 0 Å². The Morgan fingerprint density at radius 2 is 2.46 bits per heavy atom. The summed E-state index contributed by atoms with van der Waals surface area (Å²) in [6, 6.07) is 1.60. The molecule has 1 aromatic heterocycles. The van der Waals surface area contributed by atoms with E-state index < -0.39 is 5.97 Å². The van der Waals surface area contributed by atoms with E-state index >= 15 is 0 Å². The van der Waals surface area contributed by atoms with Crippen molar-refractivity contribution in [1.82, 2.24) is 4.98 Å². The smallest absolute Gasteiger partial charge is 0.309 e. The van der Waals surface area contributed by atoms with Gasteiger partial charge in [0.2, 0.25) is 0 Å². The average Bonchev–Trinajstić information content (AvgIpc) is 2.07. The van der Waals surface area contributed by atoms with E-state index in [1.165, 1.54) is 13.3 Å². The maximum Gasteiger partial charge on any atom is 0.309 e. The van der Waals surface area contributed by atoms with Gasteiger partial charge < -0.3 is 9.84 Å². The van der Waals surface area contributed by atoms with Crippen molar-refractivity contribution in [3.8, 4) is 5.75 Å². The van der Waals surface area contributed by atoms with Crippen LogP contribution < -0.4 is 4.74 Å². The van der Waals surface area contributed by atoms with Gasteiger partial charge in [-0.25, -0.2) is 0 Å². The molecule has 0 spiro atoms. The fourth-order valence-corrected chi connectivity index (χ4v) is 1.25. The summed E-state index contributed by atoms with van der Waals surface area (Å²) in [4.78, 5) is 14.3. The van der Waals surface area contributed by atoms with Gasteiger partial charge in [-0.3, -0.25) is 9.78 Å². The van der Waals surface area contributed by atoms with E-state index in [2.05, 4.69) is 20.9 Å². The molecule has 0 saturated heterocycles. The van der Waals surface area contributed by atoms with Crippen molar-refractivity contribution in [3.63, 3.8) is 0 Å². The van der Waals surface area contributed by atoms with Crippen molar-refractivity contribution < 1.29 is 14.6 Å². The number of halogens is 1. The van der Waals surface area contributed by atoms with Crippen molar-refractivity contribution in [1.29, 1.82) is 0 Å². The van der Waals surface area contributed by atoms with Crippen LogP contribution in [0.2, 0.25) is 0 Å². The van der Waals surface area contributed by atoms with E-state index in [4.69, 9.17) is 9.84 Å². The number of hydrogen-bond donors (Lipinski definition) is 1. The molecule has 1 heterocycles. The van der Waals surface area contributed by atoms with Crippen molar-refractivity contribution in [2.24, 2.45) is 0 Å². The molecule has 5 heteroatoms. The third kappa shape index (κ3) is 2.69. The zero-order valence-electron chi connectivity index (χ0n) is 6.95. The molecule has 13 heavy (non-hydrogen) atoms. The summed E-state index contributed by atoms with van der Waals surface area (Å²) >= 11 is 3.22. The Morgan fingerprint density at radius 3 is 3.00 bits per heavy atom. The van der Waals surface area contributed by atoms with E-state index in [1.54, 1.807) is 6.07 Å². The van der Waals surface area contributed by atoms with Crippen LogP contribution in [-0.4, -0.2) is 23.2 Å². The van der Waals surface area contributed by atoms with Crippen LogP contribution in [0.4, 0.5) is 0 Å². The molecule has 0 unspecified atom stereocenters. The Bertz CT molecular complexity index is 327. The molecule has 1 aromatic rings. The summed E-state index contributed by atoms with van der Waals surface area (Å²) in [5.74, 6) is -0.317. The highest BCUT2D eigenvalue weighted by Gasteiger charge is 2.05. The van der Waals surface area contributed by atoms with E-state index in [1.807, 2.05) is 0 Å². The standard InChI is InChI=1S/C8H8BrNO3/c1-13-7-2-5(3-8(11)12)10-4-6(7)9/h2,4H,3H2,1H3,(H,11,12). The predicted octanol–water partition coefficient (Wildman–Crippen LogP) is 1.48. The molecule has 0 aliphatic heterocycles. The zero-order valence-corrected chi connectivity index (χ0v) is 8.54. The van der Waals surface area contributed by atoms with Gasteiger partial charge in [-0.15, -0.1) is 0 Å². The van der Waals surface area contributed by atoms with Crippen molar-refractivity contribution in [2.45, 2.75) is 6.42 Å². The Labute approximate surface area is 83.7 Å². The van der Waals surface area contributed by atoms with Crippen LogP contribution >= 0.6 is 15.9 Å². The first-order valence-corrected chi connectivity index (χ1v) is 4.33. The Kier molecular flexibility index (Phi) is 3.25. The number of carboxylic acid groups (broad SMARTS) is 1. The fourth-order valence-electron chi connectivity index (χ4n) is 0.869. The van der Waals surface area contributed by atoms with Crippen LogP contribution in [0, 0.1) is 0 Å². The summed E-state index contributed by atoms with van der Waals surface area (Å²) in [6.45, 7) is 0. The molecule has 1 N–H and O–H groups in total. The summed E-state index contributed by atoms with van der Waals surface area (Å²) in [6.07, 6.45) is 1.43. The summed E-state index contributed by atoms with van der Waals surface area (Å²) in [5, 5.41) is 8.51. The van der Waals surface area contributed by atoms with E-state index in [9.17, 15) is 4.79 Å². The van der Waals surface area contributed by atoms with Crippen LogP contribution in [0.3, 0.4) is 0 Å². The summed E-state index contributed by atoms with van der Waals surface area (Å²) in [5.41, 5.74) is 0.479. The first-order chi connectivity index (χ1) is 6.13. The average molecular weight is 246 g/mol. The molecule has 0 fully saturated rings. The Balaban J connectivity index is 2.92. The third-order valence-corrected chi connectivity index (χ3v) is 2.02. The molecule has 0 aromatic carbocycles. The van der Waals surface area contributed by atoms with E-state index in [0.29, 0.717) is 15.9 Å². The first-order valence-electron chi connectivity index (χ1n) is 3.53. The third-order valence-electron chi connectivity index (χ3n) is 1.43. The van der Waals surface area contributed by atoms with Crippen LogP contribution in [0.25, 0.3) is 0 Å². The molecule has 1 rings (SSSR count). The van der Waals surface area contributed by atoms with Gasteiger partial charge in [0.25, 0.3) is 0 Å². The van der Waals surface area contributed by atoms with Gasteiger partial charge in [0.1, 0.15) is 5.75 Å². The molecule has 0 amide bonds. The van der Waals surface area contributed by atoms with Crippen molar-refractivity contribution in [2.75, 3.05) is 7.11 Å². The minimum absolute atomic E-state index is 0.0936. The fraction of sp³-hybridized carbons (Fsp3) is 0.250. The summed E-state index contributed by atoms with van der Waals surface area (Å²) in [7, 11) is 1.52. The molecule has 4 nitrogen and oxygen atoms in total. The number of aromatic nitrogens is 1. The second-order valence-electron chi connectivity index (χ2n) is 2.38. The zero-order chi connectivity index (χ0) is 9.84. The lowest BCUT2D eigenvalue weighted by Gasteiger charge is -2.03.